The molecule has 0 saturated carbocycles. The van der Waals surface area contributed by atoms with E-state index in [0.717, 1.165) is 16.7 Å². The molecule has 1 fully saturated rings. The van der Waals surface area contributed by atoms with Crippen molar-refractivity contribution in [3.63, 3.8) is 0 Å². The van der Waals surface area contributed by atoms with Gasteiger partial charge in [-0.15, -0.1) is 0 Å². The van der Waals surface area contributed by atoms with Gasteiger partial charge in [-0.05, 0) is 68.9 Å². The van der Waals surface area contributed by atoms with E-state index in [1.165, 1.54) is 0 Å². The lowest BCUT2D eigenvalue weighted by Gasteiger charge is -2.36. The van der Waals surface area contributed by atoms with Crippen LogP contribution in [0.15, 0.2) is 12.1 Å². The molecule has 1 aromatic carbocycles. The third-order valence-electron chi connectivity index (χ3n) is 4.62. The summed E-state index contributed by atoms with van der Waals surface area (Å²) >= 11 is 0. The Morgan fingerprint density at radius 2 is 1.74 bits per heavy atom. The molecule has 5 nitrogen and oxygen atoms in total. The number of benzene rings is 1. The summed E-state index contributed by atoms with van der Waals surface area (Å²) in [7, 11) is -2.39. The van der Waals surface area contributed by atoms with Crippen molar-refractivity contribution >= 4 is 16.6 Å². The number of piperidine rings is 1. The molecule has 0 radical (unpaired) electrons. The Bertz CT molecular complexity index is 638. The lowest BCUT2D eigenvalue weighted by molar-refractivity contribution is -0.00203. The molecule has 0 unspecified atom stereocenters. The molecular formula is C17H25NO4S. The molecule has 1 N–H and O–H groups in total. The van der Waals surface area contributed by atoms with E-state index in [4.69, 9.17) is 0 Å². The highest BCUT2D eigenvalue weighted by atomic mass is 32.2. The summed E-state index contributed by atoms with van der Waals surface area (Å²) in [5.41, 5.74) is 2.86. The number of aryl methyl sites for hydroxylation is 2. The van der Waals surface area contributed by atoms with E-state index < -0.39 is 16.3 Å². The molecule has 1 aliphatic heterocycles. The Kier molecular flexibility index (Phi) is 5.47. The van der Waals surface area contributed by atoms with Crippen LogP contribution in [0, 0.1) is 13.8 Å². The average Bonchev–Trinajstić information content (AvgIpc) is 2.45. The van der Waals surface area contributed by atoms with E-state index in [1.54, 1.807) is 11.8 Å². The molecule has 0 aromatic heterocycles. The van der Waals surface area contributed by atoms with Gasteiger partial charge in [0.2, 0.25) is 0 Å². The molecule has 1 amide bonds. The van der Waals surface area contributed by atoms with Crippen molar-refractivity contribution in [1.29, 1.82) is 0 Å². The van der Waals surface area contributed by atoms with Crippen LogP contribution in [0.25, 0.3) is 0 Å². The molecule has 0 bridgehead atoms. The fourth-order valence-electron chi connectivity index (χ4n) is 3.09. The first-order valence-corrected chi connectivity index (χ1v) is 9.29. The zero-order chi connectivity index (χ0) is 17.2. The number of aliphatic hydroxyl groups is 1. The Labute approximate surface area is 139 Å². The smallest absolute Gasteiger partial charge is 0.253 e. The quantitative estimate of drug-likeness (QED) is 0.814. The van der Waals surface area contributed by atoms with E-state index >= 15 is 0 Å². The lowest BCUT2D eigenvalue weighted by Crippen LogP contribution is -2.45. The van der Waals surface area contributed by atoms with Crippen molar-refractivity contribution in [3.8, 4) is 0 Å². The van der Waals surface area contributed by atoms with Crippen LogP contribution in [0.3, 0.4) is 0 Å². The van der Waals surface area contributed by atoms with Crippen molar-refractivity contribution in [2.75, 3.05) is 18.8 Å². The third-order valence-corrected chi connectivity index (χ3v) is 5.20. The molecule has 128 valence electrons. The zero-order valence-corrected chi connectivity index (χ0v) is 14.9. The molecule has 1 aromatic rings. The third kappa shape index (κ3) is 4.54. The molecule has 23 heavy (non-hydrogen) atoms. The number of likely N-dealkylation sites (tertiary alicyclic amines) is 1. The van der Waals surface area contributed by atoms with Gasteiger partial charge in [-0.2, -0.15) is 0 Å². The second kappa shape index (κ2) is 7.01. The maximum atomic E-state index is 12.6. The number of amides is 1. The maximum absolute atomic E-state index is 12.6. The van der Waals surface area contributed by atoms with Gasteiger partial charge in [-0.3, -0.25) is 4.79 Å². The van der Waals surface area contributed by atoms with Gasteiger partial charge in [-0.1, -0.05) is 0 Å². The fourth-order valence-corrected chi connectivity index (χ4v) is 3.49. The molecule has 0 aliphatic carbocycles. The highest BCUT2D eigenvalue weighted by Crippen LogP contribution is 2.24. The standard InChI is InChI=1S/C17H25NO4S/c1-12-10-14(11-13(2)15(12)4-9-23(21)22)16(19)18-7-5-17(3,20)6-8-18/h10-11,20,23H,4-9H2,1-3H3. The minimum absolute atomic E-state index is 0.0202. The summed E-state index contributed by atoms with van der Waals surface area (Å²) < 4.78 is 21.6. The summed E-state index contributed by atoms with van der Waals surface area (Å²) in [5.74, 6) is 0.110. The van der Waals surface area contributed by atoms with Crippen LogP contribution in [0.4, 0.5) is 0 Å². The van der Waals surface area contributed by atoms with E-state index in [1.807, 2.05) is 26.0 Å². The monoisotopic (exact) mass is 339 g/mol. The Morgan fingerprint density at radius 1 is 1.22 bits per heavy atom. The SMILES string of the molecule is Cc1cc(C(=O)N2CCC(C)(O)CC2)cc(C)c1CC[SH](=O)=O. The van der Waals surface area contributed by atoms with Crippen LogP contribution in [-0.2, 0) is 17.1 Å². The number of hydrogen-bond acceptors (Lipinski definition) is 4. The van der Waals surface area contributed by atoms with Crippen LogP contribution >= 0.6 is 0 Å². The normalized spacial score (nSPS) is 17.5. The van der Waals surface area contributed by atoms with Crippen molar-refractivity contribution in [3.05, 3.63) is 34.4 Å². The summed E-state index contributed by atoms with van der Waals surface area (Å²) in [4.78, 5) is 14.4. The van der Waals surface area contributed by atoms with Crippen molar-refractivity contribution in [1.82, 2.24) is 4.90 Å². The number of carbonyl (C=O) groups excluding carboxylic acids is 1. The van der Waals surface area contributed by atoms with Gasteiger partial charge in [-0.25, -0.2) is 8.42 Å². The minimum atomic E-state index is -2.39. The van der Waals surface area contributed by atoms with Crippen LogP contribution in [-0.4, -0.2) is 48.8 Å². The number of hydrogen-bond donors (Lipinski definition) is 2. The molecule has 1 saturated heterocycles. The van der Waals surface area contributed by atoms with Crippen LogP contribution in [0.1, 0.15) is 46.8 Å². The van der Waals surface area contributed by atoms with Crippen molar-refractivity contribution < 1.29 is 18.3 Å². The van der Waals surface area contributed by atoms with Crippen LogP contribution in [0.2, 0.25) is 0 Å². The first-order chi connectivity index (χ1) is 10.7. The van der Waals surface area contributed by atoms with Gasteiger partial charge < -0.3 is 10.0 Å². The Hall–Kier alpha value is -1.40. The van der Waals surface area contributed by atoms with Gasteiger partial charge in [0.15, 0.2) is 0 Å². The number of carbonyl (C=O) groups is 1. The number of nitrogens with zero attached hydrogens (tertiary/aromatic N) is 1. The van der Waals surface area contributed by atoms with Crippen molar-refractivity contribution in [2.24, 2.45) is 0 Å². The first-order valence-electron chi connectivity index (χ1n) is 7.93. The molecule has 2 rings (SSSR count). The van der Waals surface area contributed by atoms with E-state index in [9.17, 15) is 18.3 Å². The van der Waals surface area contributed by atoms with Gasteiger partial charge in [0, 0.05) is 18.7 Å². The lowest BCUT2D eigenvalue weighted by atomic mass is 9.92. The molecular weight excluding hydrogens is 314 g/mol. The van der Waals surface area contributed by atoms with Gasteiger partial charge in [0.25, 0.3) is 5.91 Å². The second-order valence-electron chi connectivity index (χ2n) is 6.68. The fraction of sp³-hybridized carbons (Fsp3) is 0.588. The first kappa shape index (κ1) is 17.9. The van der Waals surface area contributed by atoms with Gasteiger partial charge in [0.1, 0.15) is 10.7 Å². The second-order valence-corrected chi connectivity index (χ2v) is 7.80. The molecule has 6 heteroatoms. The Morgan fingerprint density at radius 3 is 2.22 bits per heavy atom. The summed E-state index contributed by atoms with van der Waals surface area (Å²) in [6.45, 7) is 6.75. The van der Waals surface area contributed by atoms with Gasteiger partial charge >= 0.3 is 0 Å². The predicted molar refractivity (Wildman–Crippen MR) is 90.6 cm³/mol. The largest absolute Gasteiger partial charge is 0.390 e. The summed E-state index contributed by atoms with van der Waals surface area (Å²) in [6, 6.07) is 3.69. The van der Waals surface area contributed by atoms with E-state index in [2.05, 4.69) is 0 Å². The highest BCUT2D eigenvalue weighted by Gasteiger charge is 2.30. The number of thiol groups is 1. The summed E-state index contributed by atoms with van der Waals surface area (Å²) in [6.07, 6.45) is 1.66. The molecule has 0 atom stereocenters. The summed E-state index contributed by atoms with van der Waals surface area (Å²) in [5, 5.41) is 9.99. The van der Waals surface area contributed by atoms with E-state index in [0.29, 0.717) is 37.9 Å². The van der Waals surface area contributed by atoms with Crippen molar-refractivity contribution in [2.45, 2.75) is 45.6 Å². The molecule has 1 aliphatic rings. The zero-order valence-electron chi connectivity index (χ0n) is 14.0. The Balaban J connectivity index is 2.16. The topological polar surface area (TPSA) is 74.7 Å². The van der Waals surface area contributed by atoms with Crippen LogP contribution < -0.4 is 0 Å². The maximum Gasteiger partial charge on any atom is 0.253 e. The van der Waals surface area contributed by atoms with Crippen LogP contribution in [0.5, 0.6) is 0 Å². The molecule has 1 heterocycles. The minimum Gasteiger partial charge on any atom is -0.390 e. The van der Waals surface area contributed by atoms with E-state index in [-0.39, 0.29) is 11.7 Å². The average molecular weight is 339 g/mol. The highest BCUT2D eigenvalue weighted by molar-refractivity contribution is 7.72. The number of rotatable bonds is 4. The molecule has 0 spiro atoms. The van der Waals surface area contributed by atoms with Gasteiger partial charge in [0.05, 0.1) is 11.4 Å². The predicted octanol–water partition coefficient (Wildman–Crippen LogP) is 1.44.